The Labute approximate surface area is 212 Å². The van der Waals surface area contributed by atoms with Crippen LogP contribution in [0.15, 0.2) is 82.7 Å². The third kappa shape index (κ3) is 5.34. The van der Waals surface area contributed by atoms with Crippen LogP contribution in [0.4, 0.5) is 4.39 Å². The molecule has 0 bridgehead atoms. The zero-order chi connectivity index (χ0) is 25.9. The van der Waals surface area contributed by atoms with Crippen molar-refractivity contribution in [2.24, 2.45) is 0 Å². The van der Waals surface area contributed by atoms with E-state index in [0.29, 0.717) is 24.1 Å². The zero-order valence-electron chi connectivity index (χ0n) is 20.2. The largest absolute Gasteiger partial charge is 0.388 e. The lowest BCUT2D eigenvalue weighted by atomic mass is 9.91. The van der Waals surface area contributed by atoms with E-state index in [-0.39, 0.29) is 36.4 Å². The fourth-order valence-electron chi connectivity index (χ4n) is 4.13. The molecule has 0 radical (unpaired) electrons. The van der Waals surface area contributed by atoms with Gasteiger partial charge in [0, 0.05) is 23.6 Å². The van der Waals surface area contributed by atoms with E-state index in [2.05, 4.69) is 16.7 Å². The summed E-state index contributed by atoms with van der Waals surface area (Å²) in [6.45, 7) is 5.92. The van der Waals surface area contributed by atoms with Crippen molar-refractivity contribution in [1.82, 2.24) is 24.2 Å². The van der Waals surface area contributed by atoms with Gasteiger partial charge in [0.25, 0.3) is 11.5 Å². The minimum Gasteiger partial charge on any atom is -0.388 e. The van der Waals surface area contributed by atoms with Crippen LogP contribution < -0.4 is 5.56 Å². The molecule has 0 atom stereocenters. The molecule has 10 heteroatoms. The van der Waals surface area contributed by atoms with Crippen molar-refractivity contribution in [2.75, 3.05) is 19.3 Å². The quantitative estimate of drug-likeness (QED) is 0.297. The summed E-state index contributed by atoms with van der Waals surface area (Å²) in [6.07, 6.45) is 9.31. The number of halogens is 1. The second-order valence-corrected chi connectivity index (χ2v) is 9.60. The molecule has 188 valence electrons. The highest BCUT2D eigenvalue weighted by atomic mass is 32.2. The number of nitrogens with zero attached hydrogens (tertiary/aromatic N) is 5. The van der Waals surface area contributed by atoms with E-state index in [1.54, 1.807) is 28.3 Å². The van der Waals surface area contributed by atoms with Crippen molar-refractivity contribution in [3.63, 3.8) is 0 Å². The van der Waals surface area contributed by atoms with E-state index in [0.717, 1.165) is 10.6 Å². The highest BCUT2D eigenvalue weighted by Gasteiger charge is 2.35. The molecule has 2 aromatic heterocycles. The van der Waals surface area contributed by atoms with E-state index < -0.39 is 11.4 Å². The maximum atomic E-state index is 13.3. The summed E-state index contributed by atoms with van der Waals surface area (Å²) >= 11 is 1.64. The third-order valence-corrected chi connectivity index (χ3v) is 7.06. The number of rotatable bonds is 7. The Morgan fingerprint density at radius 2 is 1.94 bits per heavy atom. The fraction of sp³-hybridized carbons (Fsp3) is 0.308. The molecule has 8 nitrogen and oxygen atoms in total. The lowest BCUT2D eigenvalue weighted by Crippen LogP contribution is -2.49. The second-order valence-electron chi connectivity index (χ2n) is 8.72. The van der Waals surface area contributed by atoms with Crippen LogP contribution in [0, 0.1) is 0 Å². The number of aromatic nitrogens is 4. The van der Waals surface area contributed by atoms with E-state index in [9.17, 15) is 19.1 Å². The van der Waals surface area contributed by atoms with Crippen molar-refractivity contribution >= 4 is 28.7 Å². The Bertz CT molecular complexity index is 1400. The summed E-state index contributed by atoms with van der Waals surface area (Å²) in [5, 5.41) is 15.9. The van der Waals surface area contributed by atoms with Crippen LogP contribution in [0.25, 0.3) is 16.7 Å². The van der Waals surface area contributed by atoms with Crippen LogP contribution in [0.3, 0.4) is 0 Å². The van der Waals surface area contributed by atoms with Gasteiger partial charge in [0.05, 0.1) is 24.0 Å². The van der Waals surface area contributed by atoms with Crippen molar-refractivity contribution in [3.8, 4) is 5.69 Å². The molecule has 1 aromatic carbocycles. The van der Waals surface area contributed by atoms with Crippen LogP contribution in [0.1, 0.15) is 19.8 Å². The minimum atomic E-state index is -1.17. The number of hydrogen-bond donors (Lipinski definition) is 1. The van der Waals surface area contributed by atoms with Gasteiger partial charge < -0.3 is 10.0 Å². The number of thioether (sulfide) groups is 1. The number of benzene rings is 1. The maximum Gasteiger partial charge on any atom is 0.264 e. The average Bonchev–Trinajstić information content (AvgIpc) is 3.33. The lowest BCUT2D eigenvalue weighted by Gasteiger charge is -2.38. The number of piperidine rings is 1. The van der Waals surface area contributed by atoms with Crippen LogP contribution in [-0.4, -0.2) is 60.2 Å². The highest BCUT2D eigenvalue weighted by Crippen LogP contribution is 2.25. The second kappa shape index (κ2) is 10.6. The van der Waals surface area contributed by atoms with Crippen molar-refractivity contribution in [3.05, 3.63) is 83.4 Å². The summed E-state index contributed by atoms with van der Waals surface area (Å²) in [5.74, 6) is -0.762. The third-order valence-electron chi connectivity index (χ3n) is 6.31. The highest BCUT2D eigenvalue weighted by molar-refractivity contribution is 7.98. The minimum absolute atomic E-state index is 0.0533. The topological polar surface area (TPSA) is 93.2 Å². The standard InChI is InChI=1S/C26H28FN5O3S/c1-4-19(27)6-5-18(2)24(33)30-13-11-26(35,12-14-30)16-31-17-28-23-22(25(31)34)15-29-32(23)20-7-9-21(36-3)10-8-20/h4-10,15,17,35H,2,11-14,16H2,1,3H3/b6-5-,19-4+. The molecule has 1 aliphatic rings. The molecule has 36 heavy (non-hydrogen) atoms. The molecule has 1 amide bonds. The van der Waals surface area contributed by atoms with Crippen molar-refractivity contribution in [2.45, 2.75) is 36.8 Å². The Morgan fingerprint density at radius 3 is 2.58 bits per heavy atom. The monoisotopic (exact) mass is 509 g/mol. The summed E-state index contributed by atoms with van der Waals surface area (Å²) in [6, 6.07) is 7.80. The first kappa shape index (κ1) is 25.6. The fourth-order valence-corrected chi connectivity index (χ4v) is 4.53. The maximum absolute atomic E-state index is 13.3. The van der Waals surface area contributed by atoms with Gasteiger partial charge in [-0.3, -0.25) is 14.2 Å². The van der Waals surface area contributed by atoms with Gasteiger partial charge in [-0.25, -0.2) is 14.1 Å². The van der Waals surface area contributed by atoms with E-state index in [4.69, 9.17) is 0 Å². The molecule has 3 aromatic rings. The van der Waals surface area contributed by atoms with Gasteiger partial charge in [-0.1, -0.05) is 12.7 Å². The Kier molecular flexibility index (Phi) is 7.56. The lowest BCUT2D eigenvalue weighted by molar-refractivity contribution is -0.131. The number of hydrogen-bond acceptors (Lipinski definition) is 6. The predicted octanol–water partition coefficient (Wildman–Crippen LogP) is 3.64. The first-order valence-corrected chi connectivity index (χ1v) is 12.8. The first-order chi connectivity index (χ1) is 17.2. The summed E-state index contributed by atoms with van der Waals surface area (Å²) in [7, 11) is 0. The smallest absolute Gasteiger partial charge is 0.264 e. The molecule has 4 rings (SSSR count). The number of amides is 1. The molecule has 0 unspecified atom stereocenters. The number of likely N-dealkylation sites (tertiary alicyclic amines) is 1. The van der Waals surface area contributed by atoms with Crippen molar-refractivity contribution in [1.29, 1.82) is 0 Å². The van der Waals surface area contributed by atoms with Gasteiger partial charge in [0.2, 0.25) is 0 Å². The van der Waals surface area contributed by atoms with Gasteiger partial charge in [-0.15, -0.1) is 11.8 Å². The zero-order valence-corrected chi connectivity index (χ0v) is 21.0. The van der Waals surface area contributed by atoms with Gasteiger partial charge >= 0.3 is 0 Å². The molecular formula is C26H28FN5O3S. The SMILES string of the molecule is C=C(/C=C\C(F)=C/C)C(=O)N1CCC(O)(Cn2cnc3c(cnn3-c3ccc(SC)cc3)c2=O)CC1. The molecule has 0 saturated carbocycles. The number of allylic oxidation sites excluding steroid dienone is 3. The summed E-state index contributed by atoms with van der Waals surface area (Å²) in [5.41, 5.74) is -0.0465. The van der Waals surface area contributed by atoms with Crippen LogP contribution in [-0.2, 0) is 11.3 Å². The number of fused-ring (bicyclic) bond motifs is 1. The number of aliphatic hydroxyl groups is 1. The summed E-state index contributed by atoms with van der Waals surface area (Å²) < 4.78 is 16.3. The Morgan fingerprint density at radius 1 is 1.25 bits per heavy atom. The van der Waals surface area contributed by atoms with Crippen LogP contribution in [0.2, 0.25) is 0 Å². The molecule has 3 heterocycles. The molecule has 0 aliphatic carbocycles. The molecular weight excluding hydrogens is 481 g/mol. The van der Waals surface area contributed by atoms with Crippen LogP contribution >= 0.6 is 11.8 Å². The molecule has 1 saturated heterocycles. The average molecular weight is 510 g/mol. The Balaban J connectivity index is 1.46. The molecule has 1 aliphatic heterocycles. The predicted molar refractivity (Wildman–Crippen MR) is 139 cm³/mol. The summed E-state index contributed by atoms with van der Waals surface area (Å²) in [4.78, 5) is 32.9. The van der Waals surface area contributed by atoms with Crippen LogP contribution in [0.5, 0.6) is 0 Å². The molecule has 0 spiro atoms. The molecule has 1 N–H and O–H groups in total. The van der Waals surface area contributed by atoms with Gasteiger partial charge in [-0.05, 0) is 62.4 Å². The Hall–Kier alpha value is -3.50. The van der Waals surface area contributed by atoms with Crippen molar-refractivity contribution < 1.29 is 14.3 Å². The van der Waals surface area contributed by atoms with E-state index >= 15 is 0 Å². The number of carbonyl (C=O) groups is 1. The first-order valence-electron chi connectivity index (χ1n) is 11.5. The van der Waals surface area contributed by atoms with Gasteiger partial charge in [-0.2, -0.15) is 5.10 Å². The van der Waals surface area contributed by atoms with E-state index in [1.807, 2.05) is 30.5 Å². The van der Waals surface area contributed by atoms with Gasteiger partial charge in [0.15, 0.2) is 5.65 Å². The van der Waals surface area contributed by atoms with Gasteiger partial charge in [0.1, 0.15) is 17.5 Å². The molecule has 1 fully saturated rings. The number of carbonyl (C=O) groups excluding carboxylic acids is 1. The normalized spacial score (nSPS) is 16.1. The van der Waals surface area contributed by atoms with E-state index in [1.165, 1.54) is 35.3 Å².